The molecule has 0 spiro atoms. The van der Waals surface area contributed by atoms with Crippen molar-refractivity contribution in [1.29, 1.82) is 0 Å². The van der Waals surface area contributed by atoms with Crippen molar-refractivity contribution < 1.29 is 18.6 Å². The number of halogens is 1. The molecule has 3 aromatic rings. The zero-order valence-corrected chi connectivity index (χ0v) is 17.1. The van der Waals surface area contributed by atoms with Crippen LogP contribution in [-0.2, 0) is 11.2 Å². The number of pyridine rings is 1. The lowest BCUT2D eigenvalue weighted by atomic mass is 10.0. The van der Waals surface area contributed by atoms with Gasteiger partial charge in [0.25, 0.3) is 0 Å². The lowest BCUT2D eigenvalue weighted by Gasteiger charge is -2.26. The van der Waals surface area contributed by atoms with Gasteiger partial charge in [-0.15, -0.1) is 0 Å². The van der Waals surface area contributed by atoms with Crippen molar-refractivity contribution in [3.8, 4) is 17.2 Å². The van der Waals surface area contributed by atoms with Crippen LogP contribution in [0.5, 0.6) is 17.2 Å². The summed E-state index contributed by atoms with van der Waals surface area (Å²) in [5, 5.41) is 0.809. The van der Waals surface area contributed by atoms with Crippen LogP contribution in [0.15, 0.2) is 42.6 Å². The molecule has 30 heavy (non-hydrogen) atoms. The largest absolute Gasteiger partial charge is 0.496 e. The van der Waals surface area contributed by atoms with E-state index in [1.165, 1.54) is 12.1 Å². The van der Waals surface area contributed by atoms with Crippen LogP contribution >= 0.6 is 0 Å². The van der Waals surface area contributed by atoms with Gasteiger partial charge in [-0.2, -0.15) is 0 Å². The van der Waals surface area contributed by atoms with Crippen molar-refractivity contribution in [2.24, 2.45) is 0 Å². The molecule has 0 radical (unpaired) electrons. The molecular weight excluding hydrogens is 385 g/mol. The molecule has 158 valence electrons. The first-order valence-corrected chi connectivity index (χ1v) is 10.1. The Morgan fingerprint density at radius 1 is 1.13 bits per heavy atom. The molecule has 2 aromatic carbocycles. The van der Waals surface area contributed by atoms with Crippen LogP contribution in [0.3, 0.4) is 0 Å². The number of nitrogens with two attached hydrogens (primary N) is 1. The molecule has 1 fully saturated rings. The minimum Gasteiger partial charge on any atom is -0.496 e. The molecule has 0 aliphatic carbocycles. The molecule has 1 aliphatic rings. The molecule has 7 heteroatoms. The van der Waals surface area contributed by atoms with Gasteiger partial charge in [-0.1, -0.05) is 0 Å². The third kappa shape index (κ3) is 4.63. The first-order chi connectivity index (χ1) is 14.6. The maximum atomic E-state index is 13.8. The predicted molar refractivity (Wildman–Crippen MR) is 115 cm³/mol. The van der Waals surface area contributed by atoms with Crippen LogP contribution in [0.1, 0.15) is 12.0 Å². The van der Waals surface area contributed by atoms with Crippen molar-refractivity contribution in [2.75, 3.05) is 45.7 Å². The van der Waals surface area contributed by atoms with Crippen molar-refractivity contribution in [3.05, 3.63) is 54.0 Å². The van der Waals surface area contributed by atoms with Crippen LogP contribution in [0.4, 0.5) is 10.1 Å². The van der Waals surface area contributed by atoms with E-state index in [0.29, 0.717) is 11.5 Å². The van der Waals surface area contributed by atoms with Gasteiger partial charge < -0.3 is 19.9 Å². The van der Waals surface area contributed by atoms with Gasteiger partial charge in [0.05, 0.1) is 31.5 Å². The van der Waals surface area contributed by atoms with E-state index in [-0.39, 0.29) is 5.69 Å². The third-order valence-electron chi connectivity index (χ3n) is 5.33. The Kier molecular flexibility index (Phi) is 6.30. The lowest BCUT2D eigenvalue weighted by Crippen LogP contribution is -2.36. The topological polar surface area (TPSA) is 69.8 Å². The summed E-state index contributed by atoms with van der Waals surface area (Å²) in [6.45, 7) is 4.63. The first-order valence-electron chi connectivity index (χ1n) is 10.1. The van der Waals surface area contributed by atoms with Gasteiger partial charge in [0, 0.05) is 30.7 Å². The highest BCUT2D eigenvalue weighted by molar-refractivity contribution is 5.87. The van der Waals surface area contributed by atoms with Crippen LogP contribution in [-0.4, -0.2) is 49.8 Å². The van der Waals surface area contributed by atoms with Crippen LogP contribution in [0.25, 0.3) is 10.9 Å². The van der Waals surface area contributed by atoms with E-state index in [0.717, 1.165) is 67.9 Å². The van der Waals surface area contributed by atoms with Gasteiger partial charge in [-0.3, -0.25) is 9.88 Å². The second-order valence-electron chi connectivity index (χ2n) is 7.33. The summed E-state index contributed by atoms with van der Waals surface area (Å²) in [4.78, 5) is 6.92. The zero-order chi connectivity index (χ0) is 20.9. The number of aromatic nitrogens is 1. The smallest absolute Gasteiger partial charge is 0.149 e. The van der Waals surface area contributed by atoms with E-state index in [4.69, 9.17) is 19.9 Å². The van der Waals surface area contributed by atoms with E-state index in [1.54, 1.807) is 25.4 Å². The molecule has 0 saturated carbocycles. The maximum absolute atomic E-state index is 13.8. The van der Waals surface area contributed by atoms with Crippen LogP contribution < -0.4 is 15.2 Å². The molecule has 4 rings (SSSR count). The second kappa shape index (κ2) is 9.28. The van der Waals surface area contributed by atoms with Gasteiger partial charge in [0.2, 0.25) is 0 Å². The second-order valence-corrected chi connectivity index (χ2v) is 7.33. The number of nitrogen functional groups attached to an aromatic ring is 1. The fourth-order valence-corrected chi connectivity index (χ4v) is 3.68. The normalized spacial score (nSPS) is 14.7. The molecule has 1 aliphatic heterocycles. The monoisotopic (exact) mass is 411 g/mol. The van der Waals surface area contributed by atoms with Crippen molar-refractivity contribution >= 4 is 16.6 Å². The Hall–Kier alpha value is -2.90. The number of rotatable bonds is 7. The molecule has 0 bridgehead atoms. The number of hydrogen-bond acceptors (Lipinski definition) is 6. The number of anilines is 1. The molecule has 1 saturated heterocycles. The van der Waals surface area contributed by atoms with Gasteiger partial charge in [-0.05, 0) is 55.3 Å². The highest BCUT2D eigenvalue weighted by Gasteiger charge is 2.14. The van der Waals surface area contributed by atoms with E-state index in [2.05, 4.69) is 9.88 Å². The molecule has 0 amide bonds. The summed E-state index contributed by atoms with van der Waals surface area (Å²) in [5.74, 6) is 1.25. The molecular formula is C23H26FN3O3. The number of hydrogen-bond donors (Lipinski definition) is 1. The van der Waals surface area contributed by atoms with Gasteiger partial charge in [0.15, 0.2) is 0 Å². The first kappa shape index (κ1) is 20.4. The number of morpholine rings is 1. The van der Waals surface area contributed by atoms with Crippen LogP contribution in [0.2, 0.25) is 0 Å². The van der Waals surface area contributed by atoms with E-state index < -0.39 is 5.82 Å². The lowest BCUT2D eigenvalue weighted by molar-refractivity contribution is 0.0374. The number of nitrogens with zero attached hydrogens (tertiary/aromatic N) is 2. The van der Waals surface area contributed by atoms with E-state index >= 15 is 0 Å². The Labute approximate surface area is 175 Å². The molecule has 0 unspecified atom stereocenters. The molecule has 1 aromatic heterocycles. The highest BCUT2D eigenvalue weighted by atomic mass is 19.1. The van der Waals surface area contributed by atoms with Gasteiger partial charge in [0.1, 0.15) is 23.1 Å². The van der Waals surface area contributed by atoms with Gasteiger partial charge in [-0.25, -0.2) is 4.39 Å². The minimum absolute atomic E-state index is 0.0883. The summed E-state index contributed by atoms with van der Waals surface area (Å²) in [6, 6.07) is 10.1. The standard InChI is InChI=1S/C23H26FN3O3/c1-28-23-15-18-21(13-16(23)3-2-8-27-9-11-29-12-10-27)26-7-6-22(18)30-17-4-5-20(25)19(24)14-17/h4-7,13-15H,2-3,8-12,25H2,1H3. The predicted octanol–water partition coefficient (Wildman–Crippen LogP) is 4.02. The Morgan fingerprint density at radius 2 is 1.97 bits per heavy atom. The summed E-state index contributed by atoms with van der Waals surface area (Å²) in [6.07, 6.45) is 3.62. The third-order valence-corrected chi connectivity index (χ3v) is 5.33. The number of methoxy groups -OCH3 is 1. The highest BCUT2D eigenvalue weighted by Crippen LogP contribution is 2.34. The molecule has 2 N–H and O–H groups in total. The molecule has 0 atom stereocenters. The fraction of sp³-hybridized carbons (Fsp3) is 0.348. The quantitative estimate of drug-likeness (QED) is 0.592. The number of fused-ring (bicyclic) bond motifs is 1. The number of benzene rings is 2. The summed E-state index contributed by atoms with van der Waals surface area (Å²) in [7, 11) is 1.67. The Balaban J connectivity index is 1.54. The molecule has 6 nitrogen and oxygen atoms in total. The van der Waals surface area contributed by atoms with E-state index in [9.17, 15) is 4.39 Å². The number of aryl methyl sites for hydroxylation is 1. The van der Waals surface area contributed by atoms with Crippen molar-refractivity contribution in [3.63, 3.8) is 0 Å². The van der Waals surface area contributed by atoms with Crippen molar-refractivity contribution in [1.82, 2.24) is 9.88 Å². The Morgan fingerprint density at radius 3 is 2.73 bits per heavy atom. The van der Waals surface area contributed by atoms with E-state index in [1.807, 2.05) is 12.1 Å². The SMILES string of the molecule is COc1cc2c(Oc3ccc(N)c(F)c3)ccnc2cc1CCCN1CCOCC1. The maximum Gasteiger partial charge on any atom is 0.149 e. The molecule has 2 heterocycles. The Bertz CT molecular complexity index is 1020. The van der Waals surface area contributed by atoms with Crippen LogP contribution in [0, 0.1) is 5.82 Å². The average molecular weight is 411 g/mol. The summed E-state index contributed by atoms with van der Waals surface area (Å²) in [5.41, 5.74) is 7.56. The van der Waals surface area contributed by atoms with Gasteiger partial charge >= 0.3 is 0 Å². The fourth-order valence-electron chi connectivity index (χ4n) is 3.68. The average Bonchev–Trinajstić information content (AvgIpc) is 2.77. The number of ether oxygens (including phenoxy) is 3. The van der Waals surface area contributed by atoms with Crippen molar-refractivity contribution in [2.45, 2.75) is 12.8 Å². The summed E-state index contributed by atoms with van der Waals surface area (Å²) >= 11 is 0. The zero-order valence-electron chi connectivity index (χ0n) is 17.1. The minimum atomic E-state index is -0.508. The summed E-state index contributed by atoms with van der Waals surface area (Å²) < 4.78 is 30.7.